The number of ether oxygens (including phenoxy) is 1. The second-order valence-corrected chi connectivity index (χ2v) is 4.52. The normalized spacial score (nSPS) is 16.6. The van der Waals surface area contributed by atoms with Crippen molar-refractivity contribution >= 4 is 10.2 Å². The number of benzene rings is 1. The Morgan fingerprint density at radius 3 is 2.50 bits per heavy atom. The van der Waals surface area contributed by atoms with Gasteiger partial charge in [-0.05, 0) is 25.0 Å². The molecule has 0 N–H and O–H groups in total. The van der Waals surface area contributed by atoms with Gasteiger partial charge in [-0.25, -0.2) is 0 Å². The van der Waals surface area contributed by atoms with E-state index in [0.717, 1.165) is 12.8 Å². The summed E-state index contributed by atoms with van der Waals surface area (Å²) in [6, 6.07) is 5.75. The van der Waals surface area contributed by atoms with Gasteiger partial charge in [0, 0.05) is 0 Å². The Morgan fingerprint density at radius 2 is 1.93 bits per heavy atom. The Kier molecular flexibility index (Phi) is 2.19. The third kappa shape index (κ3) is 2.04. The van der Waals surface area contributed by atoms with E-state index in [0.29, 0.717) is 0 Å². The highest BCUT2D eigenvalue weighted by atomic mass is 32.3. The topological polar surface area (TPSA) is 43.4 Å². The van der Waals surface area contributed by atoms with Crippen LogP contribution in [0.5, 0.6) is 5.75 Å². The smallest absolute Gasteiger partial charge is 0.335 e. The summed E-state index contributed by atoms with van der Waals surface area (Å²) >= 11 is 0. The van der Waals surface area contributed by atoms with E-state index in [2.05, 4.69) is 0 Å². The van der Waals surface area contributed by atoms with Crippen LogP contribution in [0.3, 0.4) is 0 Å². The van der Waals surface area contributed by atoms with E-state index >= 15 is 0 Å². The van der Waals surface area contributed by atoms with Crippen molar-refractivity contribution in [2.75, 3.05) is 0 Å². The molecule has 0 amide bonds. The number of hydrogen-bond donors (Lipinski definition) is 0. The zero-order valence-electron chi connectivity index (χ0n) is 7.31. The van der Waals surface area contributed by atoms with Crippen molar-refractivity contribution in [3.63, 3.8) is 0 Å². The molecule has 1 aromatic carbocycles. The molecule has 76 valence electrons. The van der Waals surface area contributed by atoms with Gasteiger partial charge in [-0.15, -0.1) is 3.89 Å². The first-order valence-corrected chi connectivity index (χ1v) is 5.66. The molecule has 2 rings (SSSR count). The van der Waals surface area contributed by atoms with Crippen LogP contribution in [0.4, 0.5) is 3.89 Å². The third-order valence-electron chi connectivity index (χ3n) is 1.93. The molecule has 0 unspecified atom stereocenters. The van der Waals surface area contributed by atoms with Gasteiger partial charge >= 0.3 is 10.2 Å². The van der Waals surface area contributed by atoms with Crippen molar-refractivity contribution in [2.45, 2.75) is 23.8 Å². The minimum Gasteiger partial charge on any atom is -0.489 e. The zero-order valence-corrected chi connectivity index (χ0v) is 8.13. The molecule has 0 aromatic heterocycles. The summed E-state index contributed by atoms with van der Waals surface area (Å²) in [5.41, 5.74) is 0. The molecule has 3 nitrogen and oxygen atoms in total. The summed E-state index contributed by atoms with van der Waals surface area (Å²) in [6.07, 6.45) is 1.86. The maximum Gasteiger partial charge on any atom is 0.335 e. The molecule has 5 heteroatoms. The fourth-order valence-electron chi connectivity index (χ4n) is 1.11. The standard InChI is InChI=1S/C9H9FO3S/c10-14(11,12)9-4-2-1-3-8(9)13-7-5-6-7/h1-4,7H,5-6H2. The fourth-order valence-corrected chi connectivity index (χ4v) is 1.71. The van der Waals surface area contributed by atoms with E-state index in [9.17, 15) is 12.3 Å². The van der Waals surface area contributed by atoms with E-state index in [1.165, 1.54) is 18.2 Å². The largest absolute Gasteiger partial charge is 0.489 e. The van der Waals surface area contributed by atoms with Gasteiger partial charge in [0.15, 0.2) is 0 Å². The van der Waals surface area contributed by atoms with Crippen LogP contribution in [0.2, 0.25) is 0 Å². The Labute approximate surface area is 81.7 Å². The van der Waals surface area contributed by atoms with E-state index in [-0.39, 0.29) is 16.7 Å². The summed E-state index contributed by atoms with van der Waals surface area (Å²) in [4.78, 5) is -0.382. The maximum atomic E-state index is 12.7. The lowest BCUT2D eigenvalue weighted by Gasteiger charge is -2.06. The Balaban J connectivity index is 2.37. The highest BCUT2D eigenvalue weighted by Gasteiger charge is 2.27. The van der Waals surface area contributed by atoms with Crippen LogP contribution < -0.4 is 4.74 Å². The number of hydrogen-bond acceptors (Lipinski definition) is 3. The zero-order chi connectivity index (χ0) is 10.2. The predicted molar refractivity (Wildman–Crippen MR) is 48.4 cm³/mol. The monoisotopic (exact) mass is 216 g/mol. The van der Waals surface area contributed by atoms with E-state index in [1.807, 2.05) is 0 Å². The molecule has 0 bridgehead atoms. The minimum atomic E-state index is -4.68. The molecule has 0 atom stereocenters. The van der Waals surface area contributed by atoms with Crippen LogP contribution in [-0.4, -0.2) is 14.5 Å². The highest BCUT2D eigenvalue weighted by Crippen LogP contribution is 2.31. The van der Waals surface area contributed by atoms with Gasteiger partial charge in [0.1, 0.15) is 10.6 Å². The minimum absolute atomic E-state index is 0.0536. The van der Waals surface area contributed by atoms with Crippen molar-refractivity contribution in [3.8, 4) is 5.75 Å². The quantitative estimate of drug-likeness (QED) is 0.724. The Hall–Kier alpha value is -1.10. The molecule has 1 aliphatic rings. The lowest BCUT2D eigenvalue weighted by atomic mass is 10.3. The molecular weight excluding hydrogens is 207 g/mol. The second-order valence-electron chi connectivity index (χ2n) is 3.20. The van der Waals surface area contributed by atoms with E-state index in [1.54, 1.807) is 6.07 Å². The molecule has 0 aliphatic heterocycles. The molecule has 1 saturated carbocycles. The number of rotatable bonds is 3. The first kappa shape index (κ1) is 9.45. The third-order valence-corrected chi connectivity index (χ3v) is 2.79. The molecule has 1 fully saturated rings. The molecule has 1 aromatic rings. The van der Waals surface area contributed by atoms with Crippen molar-refractivity contribution in [3.05, 3.63) is 24.3 Å². The summed E-state index contributed by atoms with van der Waals surface area (Å²) in [6.45, 7) is 0. The average Bonchev–Trinajstić information content (AvgIpc) is 2.87. The first-order valence-electron chi connectivity index (χ1n) is 4.28. The van der Waals surface area contributed by atoms with Crippen LogP contribution in [0, 0.1) is 0 Å². The van der Waals surface area contributed by atoms with Gasteiger partial charge in [-0.1, -0.05) is 12.1 Å². The van der Waals surface area contributed by atoms with Gasteiger partial charge in [0.2, 0.25) is 0 Å². The van der Waals surface area contributed by atoms with Crippen molar-refractivity contribution in [2.24, 2.45) is 0 Å². The molecule has 0 heterocycles. The summed E-state index contributed by atoms with van der Waals surface area (Å²) in [5.74, 6) is 0.109. The molecule has 1 aliphatic carbocycles. The highest BCUT2D eigenvalue weighted by molar-refractivity contribution is 7.86. The fraction of sp³-hybridized carbons (Fsp3) is 0.333. The van der Waals surface area contributed by atoms with E-state index < -0.39 is 10.2 Å². The van der Waals surface area contributed by atoms with Gasteiger partial charge in [-0.2, -0.15) is 8.42 Å². The molecular formula is C9H9FO3S. The summed E-state index contributed by atoms with van der Waals surface area (Å²) < 4.78 is 39.4. The second kappa shape index (κ2) is 3.24. The maximum absolute atomic E-state index is 12.7. The average molecular weight is 216 g/mol. The number of halogens is 1. The van der Waals surface area contributed by atoms with Crippen LogP contribution in [0.1, 0.15) is 12.8 Å². The SMILES string of the molecule is O=S(=O)(F)c1ccccc1OC1CC1. The molecule has 0 spiro atoms. The van der Waals surface area contributed by atoms with Crippen LogP contribution in [0.25, 0.3) is 0 Å². The Morgan fingerprint density at radius 1 is 1.29 bits per heavy atom. The van der Waals surface area contributed by atoms with Gasteiger partial charge in [0.25, 0.3) is 0 Å². The lowest BCUT2D eigenvalue weighted by Crippen LogP contribution is -2.01. The van der Waals surface area contributed by atoms with Gasteiger partial charge < -0.3 is 4.74 Å². The predicted octanol–water partition coefficient (Wildman–Crippen LogP) is 1.89. The molecule has 0 radical (unpaired) electrons. The summed E-state index contributed by atoms with van der Waals surface area (Å²) in [5, 5.41) is 0. The van der Waals surface area contributed by atoms with E-state index in [4.69, 9.17) is 4.74 Å². The Bertz CT molecular complexity index is 437. The lowest BCUT2D eigenvalue weighted by molar-refractivity contribution is 0.294. The molecule has 0 saturated heterocycles. The van der Waals surface area contributed by atoms with Crippen LogP contribution >= 0.6 is 0 Å². The first-order chi connectivity index (χ1) is 6.57. The molecule has 14 heavy (non-hydrogen) atoms. The van der Waals surface area contributed by atoms with Gasteiger partial charge in [0.05, 0.1) is 6.10 Å². The van der Waals surface area contributed by atoms with Gasteiger partial charge in [-0.3, -0.25) is 0 Å². The van der Waals surface area contributed by atoms with Crippen LogP contribution in [-0.2, 0) is 10.2 Å². The summed E-state index contributed by atoms with van der Waals surface area (Å²) in [7, 11) is -4.68. The van der Waals surface area contributed by atoms with Crippen molar-refractivity contribution in [1.82, 2.24) is 0 Å². The van der Waals surface area contributed by atoms with Crippen molar-refractivity contribution in [1.29, 1.82) is 0 Å². The number of para-hydroxylation sites is 1. The van der Waals surface area contributed by atoms with Crippen molar-refractivity contribution < 1.29 is 17.0 Å². The van der Waals surface area contributed by atoms with Crippen LogP contribution in [0.15, 0.2) is 29.2 Å².